The monoisotopic (exact) mass is 190 g/mol. The summed E-state index contributed by atoms with van der Waals surface area (Å²) < 4.78 is 1.92. The number of fused-ring (bicyclic) bond motifs is 1. The topological polar surface area (TPSA) is 37.5 Å². The molecular formula is C11H14N2O. The molecular weight excluding hydrogens is 176 g/mol. The lowest BCUT2D eigenvalue weighted by atomic mass is 10.2. The van der Waals surface area contributed by atoms with Crippen molar-refractivity contribution in [1.29, 1.82) is 0 Å². The van der Waals surface area contributed by atoms with Gasteiger partial charge in [-0.05, 0) is 18.6 Å². The molecule has 0 spiro atoms. The molecule has 3 nitrogen and oxygen atoms in total. The highest BCUT2D eigenvalue weighted by atomic mass is 16.3. The van der Waals surface area contributed by atoms with Crippen molar-refractivity contribution < 1.29 is 5.11 Å². The van der Waals surface area contributed by atoms with Gasteiger partial charge in [-0.2, -0.15) is 0 Å². The Bertz CT molecular complexity index is 389. The molecule has 0 saturated heterocycles. The molecule has 1 unspecified atom stereocenters. The molecule has 0 fully saturated rings. The van der Waals surface area contributed by atoms with Crippen LogP contribution in [0.4, 0.5) is 0 Å². The number of aliphatic hydroxyl groups excluding tert-OH is 1. The van der Waals surface area contributed by atoms with Gasteiger partial charge in [-0.15, -0.1) is 0 Å². The lowest BCUT2D eigenvalue weighted by Gasteiger charge is -2.03. The first-order valence-electron chi connectivity index (χ1n) is 4.93. The fourth-order valence-corrected chi connectivity index (χ4v) is 1.54. The van der Waals surface area contributed by atoms with Crippen LogP contribution in [0.3, 0.4) is 0 Å². The second-order valence-electron chi connectivity index (χ2n) is 3.44. The summed E-state index contributed by atoms with van der Waals surface area (Å²) >= 11 is 0. The third-order valence-electron chi connectivity index (χ3n) is 2.29. The number of imidazole rings is 1. The number of pyridine rings is 1. The van der Waals surface area contributed by atoms with Crippen LogP contribution in [0.25, 0.3) is 5.65 Å². The molecule has 2 rings (SSSR count). The van der Waals surface area contributed by atoms with Crippen LogP contribution in [-0.4, -0.2) is 14.5 Å². The highest BCUT2D eigenvalue weighted by Crippen LogP contribution is 2.17. The summed E-state index contributed by atoms with van der Waals surface area (Å²) in [6.07, 6.45) is 5.12. The molecule has 1 N–H and O–H groups in total. The Kier molecular flexibility index (Phi) is 2.50. The fourth-order valence-electron chi connectivity index (χ4n) is 1.54. The summed E-state index contributed by atoms with van der Waals surface area (Å²) in [4.78, 5) is 4.34. The molecule has 3 heteroatoms. The number of aliphatic hydroxyl groups is 1. The highest BCUT2D eigenvalue weighted by Gasteiger charge is 2.09. The number of rotatable bonds is 3. The van der Waals surface area contributed by atoms with E-state index in [4.69, 9.17) is 0 Å². The van der Waals surface area contributed by atoms with Gasteiger partial charge in [-0.1, -0.05) is 19.4 Å². The van der Waals surface area contributed by atoms with E-state index in [1.165, 1.54) is 0 Å². The van der Waals surface area contributed by atoms with Crippen molar-refractivity contribution in [2.45, 2.75) is 25.9 Å². The average molecular weight is 190 g/mol. The Morgan fingerprint density at radius 2 is 2.36 bits per heavy atom. The van der Waals surface area contributed by atoms with Crippen LogP contribution < -0.4 is 0 Å². The lowest BCUT2D eigenvalue weighted by molar-refractivity contribution is 0.162. The van der Waals surface area contributed by atoms with Gasteiger partial charge in [0, 0.05) is 12.4 Å². The van der Waals surface area contributed by atoms with Gasteiger partial charge in [0.15, 0.2) is 0 Å². The van der Waals surface area contributed by atoms with Crippen LogP contribution >= 0.6 is 0 Å². The molecule has 0 amide bonds. The molecule has 2 aromatic heterocycles. The van der Waals surface area contributed by atoms with Crippen LogP contribution in [-0.2, 0) is 0 Å². The zero-order valence-electron chi connectivity index (χ0n) is 8.22. The molecule has 0 aliphatic carbocycles. The lowest BCUT2D eigenvalue weighted by Crippen LogP contribution is -1.96. The third-order valence-corrected chi connectivity index (χ3v) is 2.29. The quantitative estimate of drug-likeness (QED) is 0.805. The second kappa shape index (κ2) is 3.80. The number of aromatic nitrogens is 2. The van der Waals surface area contributed by atoms with E-state index >= 15 is 0 Å². The molecule has 1 atom stereocenters. The van der Waals surface area contributed by atoms with Crippen molar-refractivity contribution in [3.8, 4) is 0 Å². The van der Waals surface area contributed by atoms with E-state index in [0.717, 1.165) is 24.2 Å². The van der Waals surface area contributed by atoms with Gasteiger partial charge in [-0.25, -0.2) is 4.98 Å². The molecule has 0 bridgehead atoms. The van der Waals surface area contributed by atoms with Crippen molar-refractivity contribution in [3.63, 3.8) is 0 Å². The second-order valence-corrected chi connectivity index (χ2v) is 3.44. The van der Waals surface area contributed by atoms with Crippen molar-refractivity contribution in [2.75, 3.05) is 0 Å². The van der Waals surface area contributed by atoms with Gasteiger partial charge in [0.05, 0.1) is 11.8 Å². The maximum atomic E-state index is 9.75. The predicted octanol–water partition coefficient (Wildman–Crippen LogP) is 2.17. The zero-order valence-corrected chi connectivity index (χ0v) is 8.22. The van der Waals surface area contributed by atoms with Gasteiger partial charge in [0.2, 0.25) is 0 Å². The zero-order chi connectivity index (χ0) is 9.97. The van der Waals surface area contributed by atoms with Crippen molar-refractivity contribution in [1.82, 2.24) is 9.38 Å². The molecule has 0 radical (unpaired) electrons. The number of nitrogens with zero attached hydrogens (tertiary/aromatic N) is 2. The summed E-state index contributed by atoms with van der Waals surface area (Å²) in [5, 5.41) is 9.75. The van der Waals surface area contributed by atoms with Crippen molar-refractivity contribution in [3.05, 3.63) is 36.3 Å². The van der Waals surface area contributed by atoms with E-state index in [-0.39, 0.29) is 0 Å². The Morgan fingerprint density at radius 3 is 3.07 bits per heavy atom. The normalized spacial score (nSPS) is 13.3. The maximum Gasteiger partial charge on any atom is 0.137 e. The van der Waals surface area contributed by atoms with Crippen molar-refractivity contribution >= 4 is 5.65 Å². The summed E-state index contributed by atoms with van der Waals surface area (Å²) in [5.41, 5.74) is 1.65. The number of hydrogen-bond acceptors (Lipinski definition) is 2. The molecule has 2 heterocycles. The van der Waals surface area contributed by atoms with E-state index in [0.29, 0.717) is 0 Å². The van der Waals surface area contributed by atoms with E-state index < -0.39 is 6.10 Å². The molecule has 0 saturated carbocycles. The minimum absolute atomic E-state index is 0.431. The van der Waals surface area contributed by atoms with E-state index in [9.17, 15) is 5.11 Å². The minimum atomic E-state index is -0.431. The SMILES string of the molecule is CCCC(O)c1cn2ccccc2n1. The van der Waals surface area contributed by atoms with Crippen LogP contribution in [0.5, 0.6) is 0 Å². The maximum absolute atomic E-state index is 9.75. The van der Waals surface area contributed by atoms with Crippen molar-refractivity contribution in [2.24, 2.45) is 0 Å². The van der Waals surface area contributed by atoms with Crippen LogP contribution in [0, 0.1) is 0 Å². The first-order chi connectivity index (χ1) is 6.81. The smallest absolute Gasteiger partial charge is 0.137 e. The average Bonchev–Trinajstić information content (AvgIpc) is 2.61. The third kappa shape index (κ3) is 1.63. The van der Waals surface area contributed by atoms with Gasteiger partial charge in [0.1, 0.15) is 5.65 Å². The molecule has 0 aliphatic rings. The molecule has 0 aromatic carbocycles. The standard InChI is InChI=1S/C11H14N2O/c1-2-5-10(14)9-8-13-7-4-3-6-11(13)12-9/h3-4,6-8,10,14H,2,5H2,1H3. The fraction of sp³-hybridized carbons (Fsp3) is 0.364. The molecule has 74 valence electrons. The largest absolute Gasteiger partial charge is 0.387 e. The van der Waals surface area contributed by atoms with Crippen LogP contribution in [0.1, 0.15) is 31.6 Å². The van der Waals surface area contributed by atoms with Gasteiger partial charge in [-0.3, -0.25) is 0 Å². The highest BCUT2D eigenvalue weighted by molar-refractivity contribution is 5.39. The Hall–Kier alpha value is -1.35. The Labute approximate surface area is 83.0 Å². The van der Waals surface area contributed by atoms with Gasteiger partial charge in [0.25, 0.3) is 0 Å². The Morgan fingerprint density at radius 1 is 1.50 bits per heavy atom. The first kappa shape index (κ1) is 9.21. The summed E-state index contributed by atoms with van der Waals surface area (Å²) in [5.74, 6) is 0. The molecule has 0 aliphatic heterocycles. The predicted molar refractivity (Wildman–Crippen MR) is 55.1 cm³/mol. The van der Waals surface area contributed by atoms with E-state index in [1.54, 1.807) is 0 Å². The molecule has 2 aromatic rings. The van der Waals surface area contributed by atoms with Gasteiger partial charge < -0.3 is 9.51 Å². The summed E-state index contributed by atoms with van der Waals surface area (Å²) in [7, 11) is 0. The van der Waals surface area contributed by atoms with E-state index in [1.807, 2.05) is 35.0 Å². The first-order valence-corrected chi connectivity index (χ1v) is 4.93. The van der Waals surface area contributed by atoms with Crippen LogP contribution in [0.2, 0.25) is 0 Å². The van der Waals surface area contributed by atoms with Crippen LogP contribution in [0.15, 0.2) is 30.6 Å². The van der Waals surface area contributed by atoms with Gasteiger partial charge >= 0.3 is 0 Å². The molecule has 14 heavy (non-hydrogen) atoms. The van der Waals surface area contributed by atoms with E-state index in [2.05, 4.69) is 11.9 Å². The Balaban J connectivity index is 2.35. The summed E-state index contributed by atoms with van der Waals surface area (Å²) in [6, 6.07) is 5.82. The number of hydrogen-bond donors (Lipinski definition) is 1. The summed E-state index contributed by atoms with van der Waals surface area (Å²) in [6.45, 7) is 2.05. The minimum Gasteiger partial charge on any atom is -0.387 e.